The van der Waals surface area contributed by atoms with Crippen molar-refractivity contribution in [2.45, 2.75) is 26.2 Å². The van der Waals surface area contributed by atoms with Crippen molar-refractivity contribution in [3.63, 3.8) is 0 Å². The van der Waals surface area contributed by atoms with Crippen LogP contribution in [-0.4, -0.2) is 35.4 Å². The molecule has 0 spiro atoms. The molecule has 0 aliphatic carbocycles. The lowest BCUT2D eigenvalue weighted by Crippen LogP contribution is -2.37. The van der Waals surface area contributed by atoms with E-state index in [1.54, 1.807) is 6.92 Å². The minimum absolute atomic E-state index is 0.0947. The van der Waals surface area contributed by atoms with E-state index in [1.165, 1.54) is 35.9 Å². The molecule has 7 heteroatoms. The van der Waals surface area contributed by atoms with Gasteiger partial charge in [0.15, 0.2) is 5.69 Å². The molecule has 4 rings (SSSR count). The number of benzene rings is 2. The van der Waals surface area contributed by atoms with Gasteiger partial charge in [0, 0.05) is 19.2 Å². The van der Waals surface area contributed by atoms with Crippen molar-refractivity contribution in [2.75, 3.05) is 24.6 Å². The van der Waals surface area contributed by atoms with Gasteiger partial charge in [-0.15, -0.1) is 0 Å². The third kappa shape index (κ3) is 4.88. The number of anilines is 1. The van der Waals surface area contributed by atoms with Crippen LogP contribution in [0, 0.1) is 11.7 Å². The lowest BCUT2D eigenvalue weighted by atomic mass is 9.90. The highest BCUT2D eigenvalue weighted by atomic mass is 19.1. The number of esters is 1. The van der Waals surface area contributed by atoms with Gasteiger partial charge in [-0.05, 0) is 61.9 Å². The van der Waals surface area contributed by atoms with Gasteiger partial charge < -0.3 is 9.64 Å². The molecule has 1 aliphatic rings. The van der Waals surface area contributed by atoms with Gasteiger partial charge in [0.1, 0.15) is 5.82 Å². The number of nitrogens with zero attached hydrogens (tertiary/aromatic N) is 3. The lowest BCUT2D eigenvalue weighted by Gasteiger charge is -2.34. The minimum Gasteiger partial charge on any atom is -0.461 e. The molecule has 1 aliphatic heterocycles. The molecule has 0 atom stereocenters. The predicted octanol–water partition coefficient (Wildman–Crippen LogP) is 4.01. The van der Waals surface area contributed by atoms with Gasteiger partial charge in [0.05, 0.1) is 18.0 Å². The summed E-state index contributed by atoms with van der Waals surface area (Å²) >= 11 is 0. The first-order valence-corrected chi connectivity index (χ1v) is 10.9. The van der Waals surface area contributed by atoms with Gasteiger partial charge >= 0.3 is 5.97 Å². The van der Waals surface area contributed by atoms with Crippen molar-refractivity contribution in [2.24, 2.45) is 5.92 Å². The van der Waals surface area contributed by atoms with Crippen LogP contribution in [0.2, 0.25) is 0 Å². The van der Waals surface area contributed by atoms with Gasteiger partial charge in [-0.25, -0.2) is 9.18 Å². The molecule has 166 valence electrons. The van der Waals surface area contributed by atoms with E-state index in [9.17, 15) is 14.0 Å². The second-order valence-electron chi connectivity index (χ2n) is 7.95. The summed E-state index contributed by atoms with van der Waals surface area (Å²) in [7, 11) is 0. The van der Waals surface area contributed by atoms with E-state index in [2.05, 4.69) is 29.4 Å². The van der Waals surface area contributed by atoms with E-state index >= 15 is 0 Å². The lowest BCUT2D eigenvalue weighted by molar-refractivity contribution is 0.0518. The Labute approximate surface area is 186 Å². The molecule has 0 amide bonds. The van der Waals surface area contributed by atoms with Crippen LogP contribution >= 0.6 is 0 Å². The first kappa shape index (κ1) is 21.7. The molecule has 1 fully saturated rings. The third-order valence-corrected chi connectivity index (χ3v) is 5.77. The van der Waals surface area contributed by atoms with Crippen LogP contribution in [0.4, 0.5) is 10.1 Å². The van der Waals surface area contributed by atoms with Crippen molar-refractivity contribution in [1.82, 2.24) is 9.78 Å². The Morgan fingerprint density at radius 1 is 1.09 bits per heavy atom. The van der Waals surface area contributed by atoms with Crippen LogP contribution in [0.5, 0.6) is 0 Å². The summed E-state index contributed by atoms with van der Waals surface area (Å²) in [5.41, 5.74) is 1.91. The van der Waals surface area contributed by atoms with Crippen LogP contribution in [0.3, 0.4) is 0 Å². The number of aromatic nitrogens is 2. The first-order valence-electron chi connectivity index (χ1n) is 10.9. The van der Waals surface area contributed by atoms with Gasteiger partial charge in [-0.1, -0.05) is 30.3 Å². The number of hydrogen-bond acceptors (Lipinski definition) is 5. The molecular formula is C25H26FN3O3. The maximum Gasteiger partial charge on any atom is 0.360 e. The number of rotatable bonds is 6. The number of ether oxygens (including phenoxy) is 1. The molecule has 3 aromatic rings. The average molecular weight is 435 g/mol. The largest absolute Gasteiger partial charge is 0.461 e. The van der Waals surface area contributed by atoms with E-state index < -0.39 is 11.8 Å². The Kier molecular flexibility index (Phi) is 6.63. The molecule has 2 aromatic carbocycles. The zero-order valence-corrected chi connectivity index (χ0v) is 18.0. The third-order valence-electron chi connectivity index (χ3n) is 5.77. The van der Waals surface area contributed by atoms with Crippen molar-refractivity contribution >= 4 is 11.7 Å². The first-order chi connectivity index (χ1) is 15.5. The fourth-order valence-electron chi connectivity index (χ4n) is 4.13. The molecule has 0 unspecified atom stereocenters. The molecule has 0 saturated carbocycles. The van der Waals surface area contributed by atoms with Crippen molar-refractivity contribution in [3.8, 4) is 5.69 Å². The van der Waals surface area contributed by atoms with Gasteiger partial charge in [0.2, 0.25) is 0 Å². The van der Waals surface area contributed by atoms with Crippen LogP contribution < -0.4 is 10.5 Å². The molecule has 6 nitrogen and oxygen atoms in total. The van der Waals surface area contributed by atoms with E-state index in [0.29, 0.717) is 17.3 Å². The van der Waals surface area contributed by atoms with E-state index in [0.717, 1.165) is 37.0 Å². The summed E-state index contributed by atoms with van der Waals surface area (Å²) in [5.74, 6) is -0.445. The normalized spacial score (nSPS) is 14.4. The minimum atomic E-state index is -0.579. The summed E-state index contributed by atoms with van der Waals surface area (Å²) in [6, 6.07) is 17.2. The molecule has 32 heavy (non-hydrogen) atoms. The Bertz CT molecular complexity index is 1120. The quantitative estimate of drug-likeness (QED) is 0.548. The van der Waals surface area contributed by atoms with E-state index in [-0.39, 0.29) is 17.9 Å². The van der Waals surface area contributed by atoms with Gasteiger partial charge in [-0.2, -0.15) is 9.78 Å². The predicted molar refractivity (Wildman–Crippen MR) is 121 cm³/mol. The standard InChI is InChI=1S/C25H26FN3O3/c1-2-32-25(31)24-22(17-23(30)29(27-24)21-10-8-20(26)9-11-21)28-14-12-19(13-15-28)16-18-6-4-3-5-7-18/h3-11,17,19H,2,12-16H2,1H3. The number of hydrogen-bond donors (Lipinski definition) is 0. The summed E-state index contributed by atoms with van der Waals surface area (Å²) in [6.45, 7) is 3.38. The summed E-state index contributed by atoms with van der Waals surface area (Å²) in [5, 5.41) is 4.32. The second-order valence-corrected chi connectivity index (χ2v) is 7.95. The van der Waals surface area contributed by atoms with Crippen molar-refractivity contribution in [3.05, 3.63) is 88.1 Å². The highest BCUT2D eigenvalue weighted by Gasteiger charge is 2.26. The fourth-order valence-corrected chi connectivity index (χ4v) is 4.13. The van der Waals surface area contributed by atoms with Crippen LogP contribution in [0.15, 0.2) is 65.5 Å². The van der Waals surface area contributed by atoms with Crippen LogP contribution in [0.1, 0.15) is 35.8 Å². The zero-order valence-electron chi connectivity index (χ0n) is 18.0. The summed E-state index contributed by atoms with van der Waals surface area (Å²) in [6.07, 6.45) is 2.93. The maximum atomic E-state index is 13.3. The molecule has 0 radical (unpaired) electrons. The smallest absolute Gasteiger partial charge is 0.360 e. The molecule has 0 bridgehead atoms. The van der Waals surface area contributed by atoms with E-state index in [4.69, 9.17) is 4.74 Å². The number of piperidine rings is 1. The average Bonchev–Trinajstić information content (AvgIpc) is 2.81. The highest BCUT2D eigenvalue weighted by molar-refractivity contribution is 5.93. The highest BCUT2D eigenvalue weighted by Crippen LogP contribution is 2.27. The van der Waals surface area contributed by atoms with Crippen molar-refractivity contribution in [1.29, 1.82) is 0 Å². The second kappa shape index (κ2) is 9.77. The SMILES string of the molecule is CCOC(=O)c1nn(-c2ccc(F)cc2)c(=O)cc1N1CCC(Cc2ccccc2)CC1. The fraction of sp³-hybridized carbons (Fsp3) is 0.320. The Morgan fingerprint density at radius 2 is 1.78 bits per heavy atom. The molecular weight excluding hydrogens is 409 g/mol. The molecule has 0 N–H and O–H groups in total. The molecule has 1 saturated heterocycles. The summed E-state index contributed by atoms with van der Waals surface area (Å²) in [4.78, 5) is 27.5. The Hall–Kier alpha value is -3.48. The monoisotopic (exact) mass is 435 g/mol. The van der Waals surface area contributed by atoms with Crippen LogP contribution in [-0.2, 0) is 11.2 Å². The topological polar surface area (TPSA) is 64.4 Å². The van der Waals surface area contributed by atoms with E-state index in [1.807, 2.05) is 11.0 Å². The number of carbonyl (C=O) groups excluding carboxylic acids is 1. The van der Waals surface area contributed by atoms with Crippen LogP contribution in [0.25, 0.3) is 5.69 Å². The van der Waals surface area contributed by atoms with Gasteiger partial charge in [-0.3, -0.25) is 4.79 Å². The number of carbonyl (C=O) groups is 1. The number of halogens is 1. The molecule has 1 aromatic heterocycles. The molecule has 2 heterocycles. The maximum absolute atomic E-state index is 13.3. The van der Waals surface area contributed by atoms with Gasteiger partial charge in [0.25, 0.3) is 5.56 Å². The Balaban J connectivity index is 1.59. The zero-order chi connectivity index (χ0) is 22.5. The summed E-state index contributed by atoms with van der Waals surface area (Å²) < 4.78 is 19.6. The Morgan fingerprint density at radius 3 is 2.44 bits per heavy atom. The van der Waals surface area contributed by atoms with Crippen molar-refractivity contribution < 1.29 is 13.9 Å².